The molecule has 5 heteroatoms. The Morgan fingerprint density at radius 2 is 1.85 bits per heavy atom. The molecule has 1 aromatic rings. The largest absolute Gasteiger partial charge is 0.465 e. The van der Waals surface area contributed by atoms with E-state index in [1.165, 1.54) is 12.2 Å². The topological polar surface area (TPSA) is 63.7 Å². The molecule has 1 aromatic carbocycles. The highest BCUT2D eigenvalue weighted by molar-refractivity contribution is 6.13. The lowest BCUT2D eigenvalue weighted by atomic mass is 9.56. The summed E-state index contributed by atoms with van der Waals surface area (Å²) >= 11 is 0. The van der Waals surface area contributed by atoms with Gasteiger partial charge in [0.1, 0.15) is 5.54 Å². The van der Waals surface area contributed by atoms with Gasteiger partial charge >= 0.3 is 5.97 Å². The van der Waals surface area contributed by atoms with Crippen LogP contribution in [0.4, 0.5) is 0 Å². The second-order valence-corrected chi connectivity index (χ2v) is 6.39. The van der Waals surface area contributed by atoms with Gasteiger partial charge < -0.3 is 9.64 Å². The number of hydrogen-bond acceptors (Lipinski definition) is 4. The SMILES string of the molecule is C=CC[C@@]1(C(=O)OCC)C(=O)N(Cc2ccccc2)C12C=CC(=O)C=C2. The van der Waals surface area contributed by atoms with E-state index in [-0.39, 0.29) is 24.7 Å². The summed E-state index contributed by atoms with van der Waals surface area (Å²) in [5.41, 5.74) is -1.52. The van der Waals surface area contributed by atoms with Crippen LogP contribution < -0.4 is 0 Å². The molecule has 5 nitrogen and oxygen atoms in total. The minimum absolute atomic E-state index is 0.138. The lowest BCUT2D eigenvalue weighted by molar-refractivity contribution is -0.196. The van der Waals surface area contributed by atoms with Crippen LogP contribution >= 0.6 is 0 Å². The van der Waals surface area contributed by atoms with Crippen LogP contribution in [0.1, 0.15) is 18.9 Å². The number of allylic oxidation sites excluding steroid dienone is 3. The fourth-order valence-electron chi connectivity index (χ4n) is 3.77. The minimum Gasteiger partial charge on any atom is -0.465 e. The summed E-state index contributed by atoms with van der Waals surface area (Å²) in [6, 6.07) is 9.52. The minimum atomic E-state index is -1.42. The highest BCUT2D eigenvalue weighted by atomic mass is 16.5. The average molecular weight is 351 g/mol. The molecule has 3 rings (SSSR count). The van der Waals surface area contributed by atoms with Crippen LogP contribution in [0.25, 0.3) is 0 Å². The predicted molar refractivity (Wildman–Crippen MR) is 96.9 cm³/mol. The predicted octanol–water partition coefficient (Wildman–Crippen LogP) is 2.59. The van der Waals surface area contributed by atoms with Gasteiger partial charge in [0.25, 0.3) is 0 Å². The van der Waals surface area contributed by atoms with E-state index in [9.17, 15) is 14.4 Å². The highest BCUT2D eigenvalue weighted by Crippen LogP contribution is 2.55. The molecule has 0 bridgehead atoms. The van der Waals surface area contributed by atoms with Gasteiger partial charge in [-0.05, 0) is 43.2 Å². The summed E-state index contributed by atoms with van der Waals surface area (Å²) in [7, 11) is 0. The lowest BCUT2D eigenvalue weighted by Gasteiger charge is -2.61. The molecule has 1 amide bonds. The Morgan fingerprint density at radius 3 is 2.42 bits per heavy atom. The normalized spacial score (nSPS) is 23.0. The van der Waals surface area contributed by atoms with E-state index in [0.29, 0.717) is 6.54 Å². The summed E-state index contributed by atoms with van der Waals surface area (Å²) in [6.45, 7) is 5.92. The van der Waals surface area contributed by atoms with Gasteiger partial charge in [-0.25, -0.2) is 0 Å². The molecule has 0 N–H and O–H groups in total. The van der Waals surface area contributed by atoms with Gasteiger partial charge in [-0.1, -0.05) is 36.4 Å². The third kappa shape index (κ3) is 2.43. The lowest BCUT2D eigenvalue weighted by Crippen LogP contribution is -2.79. The number of carbonyl (C=O) groups is 3. The molecule has 1 heterocycles. The van der Waals surface area contributed by atoms with E-state index in [1.54, 1.807) is 30.1 Å². The van der Waals surface area contributed by atoms with Crippen molar-refractivity contribution in [1.29, 1.82) is 0 Å². The highest BCUT2D eigenvalue weighted by Gasteiger charge is 2.73. The maximum Gasteiger partial charge on any atom is 0.325 e. The second-order valence-electron chi connectivity index (χ2n) is 6.39. The van der Waals surface area contributed by atoms with Crippen molar-refractivity contribution in [2.75, 3.05) is 6.61 Å². The van der Waals surface area contributed by atoms with Crippen LogP contribution in [0, 0.1) is 5.41 Å². The average Bonchev–Trinajstić information content (AvgIpc) is 2.66. The van der Waals surface area contributed by atoms with Crippen LogP contribution in [0.3, 0.4) is 0 Å². The third-order valence-corrected chi connectivity index (χ3v) is 5.00. The first kappa shape index (κ1) is 17.9. The summed E-state index contributed by atoms with van der Waals surface area (Å²) in [4.78, 5) is 39.3. The summed E-state index contributed by atoms with van der Waals surface area (Å²) in [6.07, 6.45) is 7.77. The fourth-order valence-corrected chi connectivity index (χ4v) is 3.77. The number of rotatable bonds is 6. The van der Waals surface area contributed by atoms with Crippen molar-refractivity contribution in [3.63, 3.8) is 0 Å². The molecule has 26 heavy (non-hydrogen) atoms. The summed E-state index contributed by atoms with van der Waals surface area (Å²) < 4.78 is 5.24. The molecule has 2 aliphatic rings. The van der Waals surface area contributed by atoms with Crippen molar-refractivity contribution in [1.82, 2.24) is 4.90 Å². The Bertz CT molecular complexity index is 793. The van der Waals surface area contributed by atoms with Crippen molar-refractivity contribution in [3.05, 3.63) is 72.9 Å². The number of nitrogens with zero attached hydrogens (tertiary/aromatic N) is 1. The van der Waals surface area contributed by atoms with Crippen molar-refractivity contribution in [2.24, 2.45) is 5.41 Å². The summed E-state index contributed by atoms with van der Waals surface area (Å²) in [5, 5.41) is 0. The smallest absolute Gasteiger partial charge is 0.325 e. The van der Waals surface area contributed by atoms with E-state index in [0.717, 1.165) is 5.56 Å². The number of ketones is 1. The maximum atomic E-state index is 13.2. The molecule has 0 aromatic heterocycles. The fraction of sp³-hybridized carbons (Fsp3) is 0.286. The first-order valence-electron chi connectivity index (χ1n) is 8.58. The molecule has 134 valence electrons. The quantitative estimate of drug-likeness (QED) is 0.342. The van der Waals surface area contributed by atoms with E-state index < -0.39 is 16.9 Å². The Morgan fingerprint density at radius 1 is 1.19 bits per heavy atom. The number of hydrogen-bond donors (Lipinski definition) is 0. The molecule has 0 saturated carbocycles. The molecule has 1 aliphatic heterocycles. The van der Waals surface area contributed by atoms with Gasteiger partial charge in [-0.15, -0.1) is 6.58 Å². The Balaban J connectivity index is 2.07. The van der Waals surface area contributed by atoms with Gasteiger partial charge in [0, 0.05) is 6.54 Å². The number of ether oxygens (including phenoxy) is 1. The Hall–Kier alpha value is -2.95. The molecule has 0 unspecified atom stereocenters. The molecule has 1 atom stereocenters. The number of likely N-dealkylation sites (tertiary alicyclic amines) is 1. The Labute approximate surface area is 152 Å². The maximum absolute atomic E-state index is 13.2. The van der Waals surface area contributed by atoms with Crippen molar-refractivity contribution < 1.29 is 19.1 Å². The number of benzene rings is 1. The van der Waals surface area contributed by atoms with Crippen molar-refractivity contribution >= 4 is 17.7 Å². The van der Waals surface area contributed by atoms with Crippen LogP contribution in [-0.4, -0.2) is 34.7 Å². The summed E-state index contributed by atoms with van der Waals surface area (Å²) in [5.74, 6) is -1.08. The van der Waals surface area contributed by atoms with E-state index in [1.807, 2.05) is 30.3 Å². The van der Waals surface area contributed by atoms with Crippen LogP contribution in [0.5, 0.6) is 0 Å². The van der Waals surface area contributed by atoms with Gasteiger partial charge in [0.15, 0.2) is 11.2 Å². The van der Waals surface area contributed by atoms with Crippen molar-refractivity contribution in [3.8, 4) is 0 Å². The molecule has 1 spiro atoms. The zero-order valence-corrected chi connectivity index (χ0v) is 14.7. The first-order chi connectivity index (χ1) is 12.5. The monoisotopic (exact) mass is 351 g/mol. The molecule has 1 fully saturated rings. The molecule has 1 aliphatic carbocycles. The van der Waals surface area contributed by atoms with Gasteiger partial charge in [-0.3, -0.25) is 14.4 Å². The number of esters is 1. The third-order valence-electron chi connectivity index (χ3n) is 5.00. The van der Waals surface area contributed by atoms with Gasteiger partial charge in [0.05, 0.1) is 6.61 Å². The number of β-lactam (4-membered cyclic amide) rings is 1. The zero-order valence-electron chi connectivity index (χ0n) is 14.7. The van der Waals surface area contributed by atoms with Crippen molar-refractivity contribution in [2.45, 2.75) is 25.4 Å². The Kier molecular flexibility index (Phi) is 4.64. The first-order valence-corrected chi connectivity index (χ1v) is 8.58. The second kappa shape index (κ2) is 6.75. The molecule has 0 radical (unpaired) electrons. The molecular formula is C21H21NO4. The van der Waals surface area contributed by atoms with Gasteiger partial charge in [-0.2, -0.15) is 0 Å². The molecular weight excluding hydrogens is 330 g/mol. The van der Waals surface area contributed by atoms with Crippen LogP contribution in [0.2, 0.25) is 0 Å². The van der Waals surface area contributed by atoms with E-state index in [2.05, 4.69) is 6.58 Å². The van der Waals surface area contributed by atoms with Crippen LogP contribution in [-0.2, 0) is 25.7 Å². The van der Waals surface area contributed by atoms with Crippen LogP contribution in [0.15, 0.2) is 67.3 Å². The van der Waals surface area contributed by atoms with Gasteiger partial charge in [0.2, 0.25) is 5.91 Å². The molecule has 1 saturated heterocycles. The van der Waals surface area contributed by atoms with E-state index >= 15 is 0 Å². The zero-order chi connectivity index (χ0) is 18.8. The number of amides is 1. The standard InChI is InChI=1S/C21H21NO4/c1-3-12-21(19(25)26-4-2)18(24)22(15-16-8-6-5-7-9-16)20(21)13-10-17(23)11-14-20/h3,5-11,13-14H,1,4,12,15H2,2H3/t21-/m0/s1. The number of carbonyl (C=O) groups excluding carboxylic acids is 3. The van der Waals surface area contributed by atoms with E-state index in [4.69, 9.17) is 4.74 Å².